The van der Waals surface area contributed by atoms with Crippen molar-refractivity contribution in [1.29, 1.82) is 0 Å². The summed E-state index contributed by atoms with van der Waals surface area (Å²) < 4.78 is 9.07. The van der Waals surface area contributed by atoms with Gasteiger partial charge in [0.2, 0.25) is 0 Å². The standard InChI is InChI=1S/C10H22N4O6/c1-3(11)7(13)19-9(17)5(15)6(16)10(18)20-8(14)4(2)12/h3-8,15-16H,11-14H2,1-2H3/t3-,4-,5?,6?,7?,8?/m0/s1. The van der Waals surface area contributed by atoms with Crippen LogP contribution in [-0.4, -0.2) is 58.9 Å². The minimum Gasteiger partial charge on any atom is -0.443 e. The number of aliphatic hydroxyl groups excluding tert-OH is 2. The third-order valence-corrected chi connectivity index (χ3v) is 2.32. The van der Waals surface area contributed by atoms with Crippen LogP contribution in [0.15, 0.2) is 0 Å². The van der Waals surface area contributed by atoms with Crippen LogP contribution in [0.4, 0.5) is 0 Å². The highest BCUT2D eigenvalue weighted by Gasteiger charge is 2.35. The number of hydrogen-bond acceptors (Lipinski definition) is 10. The Bertz CT molecular complexity index is 306. The summed E-state index contributed by atoms with van der Waals surface area (Å²) in [4.78, 5) is 22.8. The molecule has 0 saturated carbocycles. The van der Waals surface area contributed by atoms with Gasteiger partial charge in [-0.1, -0.05) is 0 Å². The molecule has 0 aliphatic rings. The van der Waals surface area contributed by atoms with E-state index in [0.29, 0.717) is 0 Å². The molecule has 0 spiro atoms. The zero-order valence-corrected chi connectivity index (χ0v) is 11.3. The Morgan fingerprint density at radius 1 is 0.800 bits per heavy atom. The number of ether oxygens (including phenoxy) is 2. The molecule has 118 valence electrons. The van der Waals surface area contributed by atoms with Crippen LogP contribution in [0.1, 0.15) is 13.8 Å². The van der Waals surface area contributed by atoms with Crippen LogP contribution in [0, 0.1) is 0 Å². The minimum atomic E-state index is -2.17. The number of rotatable bonds is 7. The first-order chi connectivity index (χ1) is 9.07. The van der Waals surface area contributed by atoms with Crippen LogP contribution in [-0.2, 0) is 19.1 Å². The molecule has 0 rings (SSSR count). The highest BCUT2D eigenvalue weighted by Crippen LogP contribution is 2.03. The van der Waals surface area contributed by atoms with Crippen LogP contribution in [0.5, 0.6) is 0 Å². The monoisotopic (exact) mass is 294 g/mol. The Morgan fingerprint density at radius 2 is 1.05 bits per heavy atom. The van der Waals surface area contributed by atoms with E-state index in [-0.39, 0.29) is 0 Å². The van der Waals surface area contributed by atoms with Gasteiger partial charge in [-0.15, -0.1) is 0 Å². The molecule has 0 radical (unpaired) electrons. The predicted octanol–water partition coefficient (Wildman–Crippen LogP) is -3.94. The maximum atomic E-state index is 11.4. The molecule has 0 amide bonds. The minimum absolute atomic E-state index is 0.693. The maximum absolute atomic E-state index is 11.4. The summed E-state index contributed by atoms with van der Waals surface area (Å²) in [6, 6.07) is -1.39. The molecule has 0 aliphatic heterocycles. The third kappa shape index (κ3) is 5.77. The Labute approximate surface area is 116 Å². The summed E-state index contributed by atoms with van der Waals surface area (Å²) in [5, 5.41) is 18.9. The lowest BCUT2D eigenvalue weighted by Gasteiger charge is -2.22. The quantitative estimate of drug-likeness (QED) is 0.199. The van der Waals surface area contributed by atoms with Crippen molar-refractivity contribution < 1.29 is 29.3 Å². The van der Waals surface area contributed by atoms with Crippen molar-refractivity contribution in [2.75, 3.05) is 0 Å². The molecule has 20 heavy (non-hydrogen) atoms. The highest BCUT2D eigenvalue weighted by atomic mass is 16.6. The smallest absolute Gasteiger partial charge is 0.339 e. The maximum Gasteiger partial charge on any atom is 0.339 e. The molecule has 0 aromatic heterocycles. The van der Waals surface area contributed by atoms with Crippen molar-refractivity contribution >= 4 is 11.9 Å². The second-order valence-corrected chi connectivity index (χ2v) is 4.41. The molecule has 0 heterocycles. The van der Waals surface area contributed by atoms with Crippen LogP contribution in [0.2, 0.25) is 0 Å². The first-order valence-electron chi connectivity index (χ1n) is 5.87. The lowest BCUT2D eigenvalue weighted by Crippen LogP contribution is -2.50. The molecule has 0 fully saturated rings. The summed E-state index contributed by atoms with van der Waals surface area (Å²) in [5.41, 5.74) is 21.4. The van der Waals surface area contributed by atoms with Gasteiger partial charge in [0.25, 0.3) is 0 Å². The normalized spacial score (nSPS) is 20.2. The van der Waals surface area contributed by atoms with Gasteiger partial charge >= 0.3 is 11.9 Å². The molecule has 10 N–H and O–H groups in total. The SMILES string of the molecule is C[C@H](N)C(N)OC(=O)C(O)C(O)C(=O)OC(N)[C@H](C)N. The van der Waals surface area contributed by atoms with E-state index >= 15 is 0 Å². The van der Waals surface area contributed by atoms with E-state index < -0.39 is 48.7 Å². The summed E-state index contributed by atoms with van der Waals surface area (Å²) in [6.45, 7) is 2.94. The van der Waals surface area contributed by atoms with E-state index in [1.165, 1.54) is 13.8 Å². The topological polar surface area (TPSA) is 197 Å². The van der Waals surface area contributed by atoms with E-state index in [2.05, 4.69) is 9.47 Å². The van der Waals surface area contributed by atoms with Gasteiger partial charge in [-0.05, 0) is 13.8 Å². The molecule has 10 heteroatoms. The van der Waals surface area contributed by atoms with Crippen molar-refractivity contribution in [3.8, 4) is 0 Å². The molecule has 10 nitrogen and oxygen atoms in total. The van der Waals surface area contributed by atoms with Crippen molar-refractivity contribution in [3.63, 3.8) is 0 Å². The second kappa shape index (κ2) is 8.09. The number of aliphatic hydroxyl groups is 2. The molecular formula is C10H22N4O6. The molecule has 6 atom stereocenters. The number of esters is 2. The molecule has 0 saturated heterocycles. The van der Waals surface area contributed by atoms with Crippen LogP contribution in [0.25, 0.3) is 0 Å². The average Bonchev–Trinajstić information content (AvgIpc) is 2.36. The van der Waals surface area contributed by atoms with E-state index in [0.717, 1.165) is 0 Å². The van der Waals surface area contributed by atoms with E-state index in [9.17, 15) is 19.8 Å². The highest BCUT2D eigenvalue weighted by molar-refractivity contribution is 5.85. The van der Waals surface area contributed by atoms with E-state index in [1.54, 1.807) is 0 Å². The van der Waals surface area contributed by atoms with Gasteiger partial charge in [0.05, 0.1) is 12.1 Å². The van der Waals surface area contributed by atoms with Crippen molar-refractivity contribution in [1.82, 2.24) is 0 Å². The Balaban J connectivity index is 4.49. The van der Waals surface area contributed by atoms with Gasteiger partial charge < -0.3 is 31.2 Å². The van der Waals surface area contributed by atoms with E-state index in [4.69, 9.17) is 22.9 Å². The van der Waals surface area contributed by atoms with Gasteiger partial charge in [-0.2, -0.15) is 0 Å². The summed E-state index contributed by atoms with van der Waals surface area (Å²) >= 11 is 0. The molecule has 0 bridgehead atoms. The summed E-state index contributed by atoms with van der Waals surface area (Å²) in [7, 11) is 0. The van der Waals surface area contributed by atoms with Gasteiger partial charge in [0.15, 0.2) is 24.7 Å². The first-order valence-corrected chi connectivity index (χ1v) is 5.87. The number of carbonyl (C=O) groups excluding carboxylic acids is 2. The first kappa shape index (κ1) is 18.7. The Morgan fingerprint density at radius 3 is 1.25 bits per heavy atom. The van der Waals surface area contributed by atoms with E-state index in [1.807, 2.05) is 0 Å². The third-order valence-electron chi connectivity index (χ3n) is 2.32. The van der Waals surface area contributed by atoms with Crippen molar-refractivity contribution in [2.24, 2.45) is 22.9 Å². The van der Waals surface area contributed by atoms with Crippen LogP contribution >= 0.6 is 0 Å². The molecule has 0 aromatic rings. The largest absolute Gasteiger partial charge is 0.443 e. The second-order valence-electron chi connectivity index (χ2n) is 4.41. The number of carbonyl (C=O) groups is 2. The van der Waals surface area contributed by atoms with Crippen molar-refractivity contribution in [2.45, 2.75) is 50.6 Å². The molecule has 0 aromatic carbocycles. The van der Waals surface area contributed by atoms with Gasteiger partial charge in [0, 0.05) is 0 Å². The fourth-order valence-electron chi connectivity index (χ4n) is 0.880. The lowest BCUT2D eigenvalue weighted by atomic mass is 10.2. The van der Waals surface area contributed by atoms with Crippen LogP contribution < -0.4 is 22.9 Å². The zero-order chi connectivity index (χ0) is 16.0. The summed E-state index contributed by atoms with van der Waals surface area (Å²) in [5.74, 6) is -2.62. The predicted molar refractivity (Wildman–Crippen MR) is 67.4 cm³/mol. The van der Waals surface area contributed by atoms with Gasteiger partial charge in [0.1, 0.15) is 0 Å². The molecule has 4 unspecified atom stereocenters. The van der Waals surface area contributed by atoms with Crippen molar-refractivity contribution in [3.05, 3.63) is 0 Å². The Hall–Kier alpha value is -1.30. The zero-order valence-electron chi connectivity index (χ0n) is 11.3. The number of hydrogen-bond donors (Lipinski definition) is 6. The number of nitrogens with two attached hydrogens (primary N) is 4. The summed E-state index contributed by atoms with van der Waals surface area (Å²) in [6.07, 6.45) is -6.72. The van der Waals surface area contributed by atoms with Crippen LogP contribution in [0.3, 0.4) is 0 Å². The van der Waals surface area contributed by atoms with Gasteiger partial charge in [-0.3, -0.25) is 11.5 Å². The molecular weight excluding hydrogens is 272 g/mol. The van der Waals surface area contributed by atoms with Gasteiger partial charge in [-0.25, -0.2) is 9.59 Å². The molecule has 0 aliphatic carbocycles. The average molecular weight is 294 g/mol. The Kier molecular flexibility index (Phi) is 7.57. The fraction of sp³-hybridized carbons (Fsp3) is 0.800. The fourth-order valence-corrected chi connectivity index (χ4v) is 0.880. The lowest BCUT2D eigenvalue weighted by molar-refractivity contribution is -0.179.